The van der Waals surface area contributed by atoms with Gasteiger partial charge in [0.15, 0.2) is 6.61 Å². The predicted octanol–water partition coefficient (Wildman–Crippen LogP) is 5.64. The van der Waals surface area contributed by atoms with Gasteiger partial charge >= 0.3 is 0 Å². The summed E-state index contributed by atoms with van der Waals surface area (Å²) in [5.41, 5.74) is 4.03. The second-order valence-electron chi connectivity index (χ2n) is 8.37. The average Bonchev–Trinajstić information content (AvgIpc) is 2.96. The second kappa shape index (κ2) is 8.89. The number of nitrogens with one attached hydrogen (secondary N) is 1. The lowest BCUT2D eigenvalue weighted by Gasteiger charge is -2.33. The van der Waals surface area contributed by atoms with E-state index in [-0.39, 0.29) is 23.3 Å². The largest absolute Gasteiger partial charge is 0.484 e. The van der Waals surface area contributed by atoms with E-state index >= 15 is 0 Å². The van der Waals surface area contributed by atoms with Crippen LogP contribution in [0.15, 0.2) is 41.5 Å². The number of amides is 1. The molecule has 146 valence electrons. The van der Waals surface area contributed by atoms with Crippen LogP contribution in [0.3, 0.4) is 0 Å². The highest BCUT2D eigenvalue weighted by molar-refractivity contribution is 7.17. The van der Waals surface area contributed by atoms with Crippen LogP contribution < -0.4 is 10.2 Å². The van der Waals surface area contributed by atoms with Gasteiger partial charge in [-0.2, -0.15) is 5.10 Å². The van der Waals surface area contributed by atoms with Crippen LogP contribution in [0.25, 0.3) is 0 Å². The molecule has 1 heterocycles. The number of carbonyl (C=O) groups is 1. The van der Waals surface area contributed by atoms with Crippen molar-refractivity contribution in [2.45, 2.75) is 46.5 Å². The Labute approximate surface area is 170 Å². The number of thiophene rings is 1. The van der Waals surface area contributed by atoms with Crippen LogP contribution >= 0.6 is 22.9 Å². The van der Waals surface area contributed by atoms with E-state index in [2.05, 4.69) is 57.3 Å². The quantitative estimate of drug-likeness (QED) is 0.477. The van der Waals surface area contributed by atoms with Crippen LogP contribution in [0.1, 0.15) is 51.5 Å². The van der Waals surface area contributed by atoms with Crippen molar-refractivity contribution >= 4 is 35.1 Å². The third-order valence-electron chi connectivity index (χ3n) is 3.95. The van der Waals surface area contributed by atoms with Crippen molar-refractivity contribution in [2.24, 2.45) is 10.5 Å². The summed E-state index contributed by atoms with van der Waals surface area (Å²) in [4.78, 5) is 12.7. The molecule has 1 aromatic carbocycles. The molecule has 4 nitrogen and oxygen atoms in total. The van der Waals surface area contributed by atoms with Gasteiger partial charge in [-0.1, -0.05) is 58.4 Å². The number of hydrazone groups is 1. The molecule has 0 aliphatic rings. The van der Waals surface area contributed by atoms with E-state index in [0.717, 1.165) is 11.3 Å². The molecule has 0 radical (unpaired) electrons. The van der Waals surface area contributed by atoms with E-state index in [1.165, 1.54) is 16.9 Å². The Morgan fingerprint density at radius 2 is 1.81 bits per heavy atom. The minimum Gasteiger partial charge on any atom is -0.484 e. The van der Waals surface area contributed by atoms with Gasteiger partial charge in [0.1, 0.15) is 5.75 Å². The molecule has 0 atom stereocenters. The number of hydrogen-bond acceptors (Lipinski definition) is 4. The third kappa shape index (κ3) is 7.35. The predicted molar refractivity (Wildman–Crippen MR) is 114 cm³/mol. The van der Waals surface area contributed by atoms with Crippen molar-refractivity contribution < 1.29 is 9.53 Å². The molecular formula is C21H27ClN2O2S. The number of nitrogens with zero attached hydrogens (tertiary/aromatic N) is 1. The highest BCUT2D eigenvalue weighted by Crippen LogP contribution is 2.36. The molecule has 2 rings (SSSR count). The number of ether oxygens (including phenoxy) is 1. The lowest BCUT2D eigenvalue weighted by molar-refractivity contribution is -0.123. The molecule has 1 amide bonds. The summed E-state index contributed by atoms with van der Waals surface area (Å²) in [5, 5.41) is 3.89. The van der Waals surface area contributed by atoms with Crippen LogP contribution in [0.5, 0.6) is 5.75 Å². The normalized spacial score (nSPS) is 12.4. The van der Waals surface area contributed by atoms with Crippen LogP contribution in [0, 0.1) is 5.41 Å². The van der Waals surface area contributed by atoms with Gasteiger partial charge in [-0.05, 0) is 47.1 Å². The lowest BCUT2D eigenvalue weighted by Crippen LogP contribution is -2.25. The van der Waals surface area contributed by atoms with E-state index in [4.69, 9.17) is 16.3 Å². The second-order valence-corrected chi connectivity index (χ2v) is 10.1. The Hall–Kier alpha value is -1.85. The molecule has 0 saturated heterocycles. The van der Waals surface area contributed by atoms with Gasteiger partial charge in [-0.25, -0.2) is 5.43 Å². The third-order valence-corrected chi connectivity index (χ3v) is 5.12. The zero-order valence-electron chi connectivity index (χ0n) is 16.5. The molecular weight excluding hydrogens is 380 g/mol. The standard InChI is InChI=1S/C21H27ClN2O2S/c1-20(2,3)14-21(4,5)15-6-8-16(9-7-15)26-13-19(25)24-23-12-17-10-11-18(22)27-17/h6-12H,13-14H2,1-5H3,(H,24,25)/b23-12+. The van der Waals surface area contributed by atoms with Gasteiger partial charge in [0.25, 0.3) is 5.91 Å². The fourth-order valence-electron chi connectivity index (χ4n) is 3.18. The van der Waals surface area contributed by atoms with Crippen molar-refractivity contribution in [3.63, 3.8) is 0 Å². The highest BCUT2D eigenvalue weighted by Gasteiger charge is 2.27. The summed E-state index contributed by atoms with van der Waals surface area (Å²) in [5.74, 6) is 0.348. The topological polar surface area (TPSA) is 50.7 Å². The number of carbonyl (C=O) groups excluding carboxylic acids is 1. The van der Waals surface area contributed by atoms with Crippen molar-refractivity contribution in [1.82, 2.24) is 5.43 Å². The average molecular weight is 407 g/mol. The lowest BCUT2D eigenvalue weighted by atomic mass is 9.72. The summed E-state index contributed by atoms with van der Waals surface area (Å²) in [7, 11) is 0. The molecule has 0 fully saturated rings. The fraction of sp³-hybridized carbons (Fsp3) is 0.429. The Kier molecular flexibility index (Phi) is 7.06. The molecule has 0 bridgehead atoms. The Morgan fingerprint density at radius 3 is 2.37 bits per heavy atom. The van der Waals surface area contributed by atoms with Crippen LogP contribution in [-0.4, -0.2) is 18.7 Å². The van der Waals surface area contributed by atoms with Gasteiger partial charge < -0.3 is 4.74 Å². The molecule has 1 N–H and O–H groups in total. The van der Waals surface area contributed by atoms with E-state index in [9.17, 15) is 4.79 Å². The molecule has 0 saturated carbocycles. The first kappa shape index (κ1) is 21.5. The molecule has 6 heteroatoms. The molecule has 0 aliphatic heterocycles. The summed E-state index contributed by atoms with van der Waals surface area (Å²) in [6, 6.07) is 11.6. The van der Waals surface area contributed by atoms with Gasteiger partial charge in [0.05, 0.1) is 10.6 Å². The molecule has 1 aromatic heterocycles. The van der Waals surface area contributed by atoms with Gasteiger partial charge in [-0.15, -0.1) is 11.3 Å². The summed E-state index contributed by atoms with van der Waals surface area (Å²) >= 11 is 7.23. The Morgan fingerprint density at radius 1 is 1.15 bits per heavy atom. The highest BCUT2D eigenvalue weighted by atomic mass is 35.5. The minimum absolute atomic E-state index is 0.0769. The van der Waals surface area contributed by atoms with Crippen molar-refractivity contribution in [2.75, 3.05) is 6.61 Å². The molecule has 2 aromatic rings. The zero-order valence-corrected chi connectivity index (χ0v) is 18.1. The Bertz CT molecular complexity index is 789. The zero-order chi connectivity index (χ0) is 20.1. The van der Waals surface area contributed by atoms with Gasteiger partial charge in [0, 0.05) is 4.88 Å². The summed E-state index contributed by atoms with van der Waals surface area (Å²) in [6.45, 7) is 11.2. The number of rotatable bonds is 7. The van der Waals surface area contributed by atoms with Crippen molar-refractivity contribution in [3.05, 3.63) is 51.2 Å². The molecule has 0 unspecified atom stereocenters. The maximum absolute atomic E-state index is 11.8. The van der Waals surface area contributed by atoms with Crippen molar-refractivity contribution in [1.29, 1.82) is 0 Å². The number of benzene rings is 1. The van der Waals surface area contributed by atoms with Gasteiger partial charge in [0.2, 0.25) is 0 Å². The molecule has 0 spiro atoms. The smallest absolute Gasteiger partial charge is 0.277 e. The van der Waals surface area contributed by atoms with Crippen LogP contribution in [-0.2, 0) is 10.2 Å². The first-order valence-electron chi connectivity index (χ1n) is 8.86. The van der Waals surface area contributed by atoms with E-state index in [1.54, 1.807) is 12.3 Å². The number of hydrogen-bond donors (Lipinski definition) is 1. The summed E-state index contributed by atoms with van der Waals surface area (Å²) < 4.78 is 6.22. The maximum atomic E-state index is 11.8. The van der Waals surface area contributed by atoms with Crippen LogP contribution in [0.2, 0.25) is 4.34 Å². The van der Waals surface area contributed by atoms with E-state index in [1.807, 2.05) is 18.2 Å². The summed E-state index contributed by atoms with van der Waals surface area (Å²) in [6.07, 6.45) is 2.64. The SMILES string of the molecule is CC(C)(C)CC(C)(C)c1ccc(OCC(=O)N/N=C/c2ccc(Cl)s2)cc1. The van der Waals surface area contributed by atoms with Crippen LogP contribution in [0.4, 0.5) is 0 Å². The monoisotopic (exact) mass is 406 g/mol. The van der Waals surface area contributed by atoms with Gasteiger partial charge in [-0.3, -0.25) is 4.79 Å². The maximum Gasteiger partial charge on any atom is 0.277 e. The Balaban J connectivity index is 1.84. The molecule has 27 heavy (non-hydrogen) atoms. The molecule has 0 aliphatic carbocycles. The van der Waals surface area contributed by atoms with Crippen molar-refractivity contribution in [3.8, 4) is 5.75 Å². The fourth-order valence-corrected chi connectivity index (χ4v) is 4.11. The van der Waals surface area contributed by atoms with E-state index < -0.39 is 0 Å². The first-order chi connectivity index (χ1) is 12.5. The minimum atomic E-state index is -0.314. The van der Waals surface area contributed by atoms with E-state index in [0.29, 0.717) is 10.1 Å². The first-order valence-corrected chi connectivity index (χ1v) is 10.1. The number of halogens is 1.